The van der Waals surface area contributed by atoms with Crippen LogP contribution < -0.4 is 5.69 Å². The van der Waals surface area contributed by atoms with E-state index < -0.39 is 6.10 Å². The van der Waals surface area contributed by atoms with Crippen molar-refractivity contribution in [1.82, 2.24) is 19.1 Å². The Balaban J connectivity index is 2.70. The van der Waals surface area contributed by atoms with E-state index in [-0.39, 0.29) is 11.0 Å². The Morgan fingerprint density at radius 3 is 2.82 bits per heavy atom. The molecule has 90 valence electrons. The number of aromatic nitrogens is 4. The zero-order chi connectivity index (χ0) is 12.6. The molecule has 0 amide bonds. The van der Waals surface area contributed by atoms with Gasteiger partial charge in [-0.25, -0.2) is 14.3 Å². The first-order valence-electron chi connectivity index (χ1n) is 4.96. The van der Waals surface area contributed by atoms with Crippen molar-refractivity contribution in [1.29, 1.82) is 0 Å². The van der Waals surface area contributed by atoms with E-state index in [1.807, 2.05) is 0 Å². The highest BCUT2D eigenvalue weighted by atomic mass is 35.5. The maximum Gasteiger partial charge on any atom is 0.333 e. The van der Waals surface area contributed by atoms with Crippen molar-refractivity contribution in [3.63, 3.8) is 0 Å². The lowest BCUT2D eigenvalue weighted by atomic mass is 10.3. The average molecular weight is 255 g/mol. The Labute approximate surface area is 102 Å². The number of aliphatic hydroxyl groups excluding tert-OH is 1. The van der Waals surface area contributed by atoms with E-state index in [0.717, 1.165) is 0 Å². The first kappa shape index (κ1) is 11.8. The smallest absolute Gasteiger partial charge is 0.333 e. The lowest BCUT2D eigenvalue weighted by Gasteiger charge is -2.07. The molecule has 6 nitrogen and oxygen atoms in total. The summed E-state index contributed by atoms with van der Waals surface area (Å²) >= 11 is 5.68. The van der Waals surface area contributed by atoms with E-state index in [2.05, 4.69) is 9.97 Å². The minimum Gasteiger partial charge on any atom is -0.387 e. The third-order valence-corrected chi connectivity index (χ3v) is 2.53. The van der Waals surface area contributed by atoms with Gasteiger partial charge in [0.15, 0.2) is 0 Å². The predicted octanol–water partition coefficient (Wildman–Crippen LogP) is 0.673. The van der Waals surface area contributed by atoms with Gasteiger partial charge in [0, 0.05) is 25.5 Å². The predicted molar refractivity (Wildman–Crippen MR) is 62.2 cm³/mol. The van der Waals surface area contributed by atoms with Crippen LogP contribution in [0, 0.1) is 0 Å². The molecule has 2 aromatic heterocycles. The minimum absolute atomic E-state index is 0.0507. The van der Waals surface area contributed by atoms with Gasteiger partial charge in [0.1, 0.15) is 5.82 Å². The first-order valence-corrected chi connectivity index (χ1v) is 5.33. The molecule has 0 fully saturated rings. The summed E-state index contributed by atoms with van der Waals surface area (Å²) < 4.78 is 2.68. The molecule has 0 saturated carbocycles. The van der Waals surface area contributed by atoms with Gasteiger partial charge in [-0.3, -0.25) is 0 Å². The summed E-state index contributed by atoms with van der Waals surface area (Å²) in [6.45, 7) is 1.58. The summed E-state index contributed by atoms with van der Waals surface area (Å²) in [6.07, 6.45) is 2.23. The SMILES string of the molecule is C[C@@H](O)c1cn(C)c(=O)n1-c1ccnc(Cl)n1. The number of aliphatic hydroxyl groups is 1. The second-order valence-electron chi connectivity index (χ2n) is 3.64. The van der Waals surface area contributed by atoms with Crippen molar-refractivity contribution in [2.24, 2.45) is 7.05 Å². The van der Waals surface area contributed by atoms with Crippen molar-refractivity contribution in [3.05, 3.63) is 39.9 Å². The van der Waals surface area contributed by atoms with Crippen molar-refractivity contribution in [3.8, 4) is 5.82 Å². The van der Waals surface area contributed by atoms with E-state index in [1.165, 1.54) is 15.3 Å². The highest BCUT2D eigenvalue weighted by molar-refractivity contribution is 6.28. The average Bonchev–Trinajstić information content (AvgIpc) is 2.56. The molecule has 0 aliphatic rings. The number of hydrogen-bond acceptors (Lipinski definition) is 4. The van der Waals surface area contributed by atoms with Gasteiger partial charge in [-0.1, -0.05) is 0 Å². The summed E-state index contributed by atoms with van der Waals surface area (Å²) in [5.41, 5.74) is 0.155. The van der Waals surface area contributed by atoms with Gasteiger partial charge < -0.3 is 9.67 Å². The Morgan fingerprint density at radius 1 is 1.53 bits per heavy atom. The van der Waals surface area contributed by atoms with Gasteiger partial charge in [-0.15, -0.1) is 0 Å². The topological polar surface area (TPSA) is 72.9 Å². The van der Waals surface area contributed by atoms with Crippen molar-refractivity contribution in [2.45, 2.75) is 13.0 Å². The molecular formula is C10H11ClN4O2. The molecule has 1 N–H and O–H groups in total. The van der Waals surface area contributed by atoms with E-state index in [1.54, 1.807) is 26.2 Å². The molecule has 2 heterocycles. The molecule has 0 bridgehead atoms. The van der Waals surface area contributed by atoms with Gasteiger partial charge in [0.25, 0.3) is 0 Å². The molecule has 0 unspecified atom stereocenters. The number of aryl methyl sites for hydroxylation is 1. The summed E-state index contributed by atoms with van der Waals surface area (Å²) in [5.74, 6) is 0.339. The highest BCUT2D eigenvalue weighted by Gasteiger charge is 2.16. The molecule has 1 atom stereocenters. The van der Waals surface area contributed by atoms with Crippen LogP contribution in [0.4, 0.5) is 0 Å². The van der Waals surface area contributed by atoms with Crippen molar-refractivity contribution >= 4 is 11.6 Å². The van der Waals surface area contributed by atoms with Crippen LogP contribution in [0.5, 0.6) is 0 Å². The van der Waals surface area contributed by atoms with Crippen LogP contribution >= 0.6 is 11.6 Å². The van der Waals surface area contributed by atoms with Crippen LogP contribution in [0.25, 0.3) is 5.82 Å². The van der Waals surface area contributed by atoms with E-state index >= 15 is 0 Å². The van der Waals surface area contributed by atoms with E-state index in [4.69, 9.17) is 11.6 Å². The third-order valence-electron chi connectivity index (χ3n) is 2.35. The van der Waals surface area contributed by atoms with Crippen LogP contribution in [0.2, 0.25) is 5.28 Å². The number of halogens is 1. The summed E-state index contributed by atoms with van der Waals surface area (Å²) in [7, 11) is 1.60. The fourth-order valence-corrected chi connectivity index (χ4v) is 1.70. The quantitative estimate of drug-likeness (QED) is 0.800. The molecule has 2 rings (SSSR count). The molecule has 2 aromatic rings. The Morgan fingerprint density at radius 2 is 2.24 bits per heavy atom. The maximum atomic E-state index is 11.9. The third kappa shape index (κ3) is 2.09. The van der Waals surface area contributed by atoms with Crippen molar-refractivity contribution < 1.29 is 5.11 Å². The maximum absolute atomic E-state index is 11.9. The fourth-order valence-electron chi connectivity index (χ4n) is 1.56. The zero-order valence-corrected chi connectivity index (χ0v) is 10.1. The standard InChI is InChI=1S/C10H11ClN4O2/c1-6(16)7-5-14(2)10(17)15(7)8-3-4-12-9(11)13-8/h3-6,16H,1-2H3/t6-/m1/s1. The Hall–Kier alpha value is -1.66. The summed E-state index contributed by atoms with van der Waals surface area (Å²) in [5, 5.41) is 9.67. The highest BCUT2D eigenvalue weighted by Crippen LogP contribution is 2.14. The summed E-state index contributed by atoms with van der Waals surface area (Å²) in [4.78, 5) is 19.6. The second-order valence-corrected chi connectivity index (χ2v) is 3.98. The molecule has 0 aliphatic heterocycles. The molecule has 0 spiro atoms. The minimum atomic E-state index is -0.780. The van der Waals surface area contributed by atoms with E-state index in [0.29, 0.717) is 11.5 Å². The lowest BCUT2D eigenvalue weighted by molar-refractivity contribution is 0.192. The van der Waals surface area contributed by atoms with Gasteiger partial charge in [0.05, 0.1) is 11.8 Å². The molecular weight excluding hydrogens is 244 g/mol. The second kappa shape index (κ2) is 4.31. The van der Waals surface area contributed by atoms with Gasteiger partial charge >= 0.3 is 5.69 Å². The van der Waals surface area contributed by atoms with Gasteiger partial charge in [-0.05, 0) is 18.5 Å². The Kier molecular flexibility index (Phi) is 2.99. The molecule has 0 aliphatic carbocycles. The molecule has 0 saturated heterocycles. The van der Waals surface area contributed by atoms with Crippen LogP contribution in [0.15, 0.2) is 23.3 Å². The lowest BCUT2D eigenvalue weighted by Crippen LogP contribution is -2.23. The molecule has 0 aromatic carbocycles. The molecule has 0 radical (unpaired) electrons. The normalized spacial score (nSPS) is 12.7. The number of nitrogens with zero attached hydrogens (tertiary/aromatic N) is 4. The fraction of sp³-hybridized carbons (Fsp3) is 0.300. The molecule has 17 heavy (non-hydrogen) atoms. The van der Waals surface area contributed by atoms with Crippen LogP contribution in [0.3, 0.4) is 0 Å². The first-order chi connectivity index (χ1) is 8.00. The molecule has 7 heteroatoms. The Bertz CT molecular complexity index is 603. The van der Waals surface area contributed by atoms with Crippen LogP contribution in [0.1, 0.15) is 18.7 Å². The number of hydrogen-bond donors (Lipinski definition) is 1. The van der Waals surface area contributed by atoms with E-state index in [9.17, 15) is 9.90 Å². The van der Waals surface area contributed by atoms with Crippen LogP contribution in [-0.2, 0) is 7.05 Å². The monoisotopic (exact) mass is 254 g/mol. The van der Waals surface area contributed by atoms with Gasteiger partial charge in [-0.2, -0.15) is 4.98 Å². The van der Waals surface area contributed by atoms with Crippen molar-refractivity contribution in [2.75, 3.05) is 0 Å². The van der Waals surface area contributed by atoms with Gasteiger partial charge in [0.2, 0.25) is 5.28 Å². The zero-order valence-electron chi connectivity index (χ0n) is 9.33. The number of imidazole rings is 1. The largest absolute Gasteiger partial charge is 0.387 e. The summed E-state index contributed by atoms with van der Waals surface area (Å²) in [6, 6.07) is 1.55. The number of rotatable bonds is 2. The van der Waals surface area contributed by atoms with Crippen LogP contribution in [-0.4, -0.2) is 24.2 Å².